The van der Waals surface area contributed by atoms with Gasteiger partial charge in [-0.05, 0) is 60.6 Å². The van der Waals surface area contributed by atoms with Crippen LogP contribution < -0.4 is 20.1 Å². The molecule has 0 aliphatic carbocycles. The Morgan fingerprint density at radius 2 is 1.73 bits per heavy atom. The van der Waals surface area contributed by atoms with Gasteiger partial charge in [0.25, 0.3) is 0 Å². The highest BCUT2D eigenvalue weighted by Gasteiger charge is 2.19. The molecule has 2 N–H and O–H groups in total. The molecule has 0 bridgehead atoms. The number of fused-ring (bicyclic) bond motifs is 2. The molecule has 40 heavy (non-hydrogen) atoms. The van der Waals surface area contributed by atoms with Crippen LogP contribution in [0.5, 0.6) is 11.5 Å². The lowest BCUT2D eigenvalue weighted by Crippen LogP contribution is -2.37. The number of benzene rings is 3. The second-order valence-electron chi connectivity index (χ2n) is 10.9. The summed E-state index contributed by atoms with van der Waals surface area (Å²) in [7, 11) is 0. The zero-order valence-corrected chi connectivity index (χ0v) is 23.3. The predicted octanol–water partition coefficient (Wildman–Crippen LogP) is 4.55. The summed E-state index contributed by atoms with van der Waals surface area (Å²) in [4.78, 5) is 27.8. The minimum atomic E-state index is -0.0313. The lowest BCUT2D eigenvalue weighted by atomic mass is 10.0. The Labute approximate surface area is 236 Å². The van der Waals surface area contributed by atoms with E-state index < -0.39 is 0 Å². The van der Waals surface area contributed by atoms with Crippen molar-refractivity contribution in [2.24, 2.45) is 0 Å². The molecule has 1 atom stereocenters. The summed E-state index contributed by atoms with van der Waals surface area (Å²) in [5, 5.41) is 6.13. The van der Waals surface area contributed by atoms with Crippen LogP contribution in [0.15, 0.2) is 66.7 Å². The SMILES string of the molecule is CC1Cc2cc(CNC(=O)Cc3ccc4c(c3)CN(Cc3ccccc3)CC(=O)NCCCCCO4)ccc2O1. The van der Waals surface area contributed by atoms with E-state index in [9.17, 15) is 9.59 Å². The summed E-state index contributed by atoms with van der Waals surface area (Å²) < 4.78 is 12.0. The van der Waals surface area contributed by atoms with Crippen LogP contribution in [0.1, 0.15) is 54.0 Å². The Kier molecular flexibility index (Phi) is 9.34. The van der Waals surface area contributed by atoms with Crippen molar-refractivity contribution in [3.05, 3.63) is 94.5 Å². The molecule has 5 rings (SSSR count). The molecule has 0 fully saturated rings. The molecule has 7 heteroatoms. The summed E-state index contributed by atoms with van der Waals surface area (Å²) in [6.45, 7) is 5.34. The molecule has 0 radical (unpaired) electrons. The number of carbonyl (C=O) groups is 2. The average molecular weight is 542 g/mol. The first-order chi connectivity index (χ1) is 19.5. The maximum absolute atomic E-state index is 12.9. The largest absolute Gasteiger partial charge is 0.493 e. The van der Waals surface area contributed by atoms with Crippen LogP contribution in [0, 0.1) is 0 Å². The van der Waals surface area contributed by atoms with Crippen LogP contribution >= 0.6 is 0 Å². The third-order valence-corrected chi connectivity index (χ3v) is 7.35. The van der Waals surface area contributed by atoms with Crippen molar-refractivity contribution in [1.29, 1.82) is 0 Å². The van der Waals surface area contributed by atoms with Crippen molar-refractivity contribution in [2.75, 3.05) is 19.7 Å². The van der Waals surface area contributed by atoms with Gasteiger partial charge < -0.3 is 20.1 Å². The molecule has 3 aromatic carbocycles. The van der Waals surface area contributed by atoms with E-state index in [0.29, 0.717) is 39.3 Å². The second-order valence-corrected chi connectivity index (χ2v) is 10.9. The third-order valence-electron chi connectivity index (χ3n) is 7.35. The monoisotopic (exact) mass is 541 g/mol. The molecule has 2 amide bonds. The van der Waals surface area contributed by atoms with E-state index in [1.54, 1.807) is 0 Å². The molecule has 0 saturated heterocycles. The van der Waals surface area contributed by atoms with Crippen LogP contribution in [0.2, 0.25) is 0 Å². The Morgan fingerprint density at radius 1 is 0.925 bits per heavy atom. The lowest BCUT2D eigenvalue weighted by molar-refractivity contribution is -0.122. The summed E-state index contributed by atoms with van der Waals surface area (Å²) in [5.74, 6) is 1.76. The number of hydrogen-bond donors (Lipinski definition) is 2. The fourth-order valence-corrected chi connectivity index (χ4v) is 5.36. The first-order valence-electron chi connectivity index (χ1n) is 14.3. The smallest absolute Gasteiger partial charge is 0.234 e. The van der Waals surface area contributed by atoms with E-state index in [1.165, 1.54) is 5.56 Å². The Bertz CT molecular complexity index is 1310. The molecule has 0 spiro atoms. The molecule has 0 aromatic heterocycles. The third kappa shape index (κ3) is 7.85. The van der Waals surface area contributed by atoms with Crippen molar-refractivity contribution in [3.63, 3.8) is 0 Å². The first-order valence-corrected chi connectivity index (χ1v) is 14.3. The number of nitrogens with zero attached hydrogens (tertiary/aromatic N) is 1. The van der Waals surface area contributed by atoms with Crippen LogP contribution in [0.4, 0.5) is 0 Å². The Morgan fingerprint density at radius 3 is 2.60 bits per heavy atom. The van der Waals surface area contributed by atoms with Gasteiger partial charge in [0.1, 0.15) is 17.6 Å². The summed E-state index contributed by atoms with van der Waals surface area (Å²) in [6, 6.07) is 22.3. The molecule has 2 aliphatic heterocycles. The number of amides is 2. The molecular formula is C33H39N3O4. The van der Waals surface area contributed by atoms with Gasteiger partial charge in [0.15, 0.2) is 0 Å². The number of hydrogen-bond acceptors (Lipinski definition) is 5. The quantitative estimate of drug-likeness (QED) is 0.479. The van der Waals surface area contributed by atoms with Gasteiger partial charge >= 0.3 is 0 Å². The minimum absolute atomic E-state index is 0.0285. The second kappa shape index (κ2) is 13.5. The molecular weight excluding hydrogens is 502 g/mol. The van der Waals surface area contributed by atoms with Crippen molar-refractivity contribution in [2.45, 2.75) is 64.8 Å². The number of nitrogens with one attached hydrogen (secondary N) is 2. The highest BCUT2D eigenvalue weighted by molar-refractivity contribution is 5.79. The van der Waals surface area contributed by atoms with Crippen LogP contribution in [-0.4, -0.2) is 42.5 Å². The maximum atomic E-state index is 12.9. The molecule has 1 unspecified atom stereocenters. The Balaban J connectivity index is 1.28. The van der Waals surface area contributed by atoms with Crippen LogP contribution in [0.25, 0.3) is 0 Å². The van der Waals surface area contributed by atoms with Crippen LogP contribution in [0.3, 0.4) is 0 Å². The minimum Gasteiger partial charge on any atom is -0.493 e. The molecule has 2 aliphatic rings. The van der Waals surface area contributed by atoms with Gasteiger partial charge in [0.05, 0.1) is 19.6 Å². The van der Waals surface area contributed by atoms with Crippen molar-refractivity contribution in [3.8, 4) is 11.5 Å². The predicted molar refractivity (Wildman–Crippen MR) is 155 cm³/mol. The summed E-state index contributed by atoms with van der Waals surface area (Å²) in [5.41, 5.74) is 5.32. The number of ether oxygens (including phenoxy) is 2. The van der Waals surface area contributed by atoms with Gasteiger partial charge in [0.2, 0.25) is 11.8 Å². The van der Waals surface area contributed by atoms with Gasteiger partial charge in [-0.15, -0.1) is 0 Å². The van der Waals surface area contributed by atoms with Crippen LogP contribution in [-0.2, 0) is 42.1 Å². The van der Waals surface area contributed by atoms with E-state index in [1.807, 2.05) is 42.5 Å². The van der Waals surface area contributed by atoms with Gasteiger partial charge in [-0.2, -0.15) is 0 Å². The van der Waals surface area contributed by atoms with Gasteiger partial charge in [-0.3, -0.25) is 14.5 Å². The highest BCUT2D eigenvalue weighted by Crippen LogP contribution is 2.29. The van der Waals surface area contributed by atoms with Gasteiger partial charge in [-0.25, -0.2) is 0 Å². The van der Waals surface area contributed by atoms with Gasteiger partial charge in [-0.1, -0.05) is 54.6 Å². The van der Waals surface area contributed by atoms with E-state index in [2.05, 4.69) is 46.7 Å². The first kappa shape index (κ1) is 27.7. The summed E-state index contributed by atoms with van der Waals surface area (Å²) in [6.07, 6.45) is 4.24. The highest BCUT2D eigenvalue weighted by atomic mass is 16.5. The molecule has 0 saturated carbocycles. The molecule has 210 valence electrons. The topological polar surface area (TPSA) is 79.9 Å². The average Bonchev–Trinajstić information content (AvgIpc) is 3.32. The molecule has 3 aromatic rings. The zero-order valence-electron chi connectivity index (χ0n) is 23.3. The fourth-order valence-electron chi connectivity index (χ4n) is 5.36. The normalized spacial score (nSPS) is 18.0. The van der Waals surface area contributed by atoms with E-state index in [-0.39, 0.29) is 24.3 Å². The number of carbonyl (C=O) groups excluding carboxylic acids is 2. The fraction of sp³-hybridized carbons (Fsp3) is 0.394. The van der Waals surface area contributed by atoms with Crippen molar-refractivity contribution < 1.29 is 19.1 Å². The summed E-state index contributed by atoms with van der Waals surface area (Å²) >= 11 is 0. The number of rotatable bonds is 6. The Hall–Kier alpha value is -3.84. The van der Waals surface area contributed by atoms with E-state index in [0.717, 1.165) is 59.4 Å². The molecule has 2 heterocycles. The van der Waals surface area contributed by atoms with E-state index >= 15 is 0 Å². The van der Waals surface area contributed by atoms with Gasteiger partial charge in [0, 0.05) is 38.2 Å². The van der Waals surface area contributed by atoms with Crippen molar-refractivity contribution >= 4 is 11.8 Å². The molecule has 7 nitrogen and oxygen atoms in total. The standard InChI is InChI=1S/C33H39N3O4/c1-24-16-28-18-27(11-13-31(28)40-24)20-35-32(37)19-26-10-12-30-29(17-26)22-36(21-25-8-4-2-5-9-25)23-33(38)34-14-6-3-7-15-39-30/h2,4-5,8-13,17-18,24H,3,6-7,14-16,19-23H2,1H3,(H,34,38)(H,35,37). The van der Waals surface area contributed by atoms with Crippen molar-refractivity contribution in [1.82, 2.24) is 15.5 Å². The lowest BCUT2D eigenvalue weighted by Gasteiger charge is -2.23. The maximum Gasteiger partial charge on any atom is 0.234 e. The zero-order chi connectivity index (χ0) is 27.7. The van der Waals surface area contributed by atoms with E-state index in [4.69, 9.17) is 9.47 Å².